The molecule has 1 N–H and O–H groups in total. The van der Waals surface area contributed by atoms with E-state index in [0.29, 0.717) is 4.90 Å². The number of rotatable bonds is 4. The Balaban J connectivity index is 2.73. The Kier molecular flexibility index (Phi) is 4.47. The highest BCUT2D eigenvalue weighted by molar-refractivity contribution is 9.10. The summed E-state index contributed by atoms with van der Waals surface area (Å²) in [6, 6.07) is 7.09. The van der Waals surface area contributed by atoms with Crippen LogP contribution < -0.4 is 0 Å². The molecule has 2 unspecified atom stereocenters. The van der Waals surface area contributed by atoms with Gasteiger partial charge in [-0.1, -0.05) is 28.9 Å². The van der Waals surface area contributed by atoms with Crippen molar-refractivity contribution in [3.63, 3.8) is 0 Å². The number of benzene rings is 1. The Hall–Kier alpha value is -0.680. The van der Waals surface area contributed by atoms with Gasteiger partial charge in [-0.25, -0.2) is 0 Å². The van der Waals surface area contributed by atoms with Gasteiger partial charge in [-0.05, 0) is 18.2 Å². The first-order chi connectivity index (χ1) is 7.00. The summed E-state index contributed by atoms with van der Waals surface area (Å²) >= 11 is 3.27. The summed E-state index contributed by atoms with van der Waals surface area (Å²) in [5.74, 6) is -1.37. The minimum absolute atomic E-state index is 0.145. The second kappa shape index (κ2) is 5.42. The van der Waals surface area contributed by atoms with Crippen molar-refractivity contribution in [3.05, 3.63) is 28.7 Å². The highest BCUT2D eigenvalue weighted by Gasteiger charge is 2.15. The third-order valence-electron chi connectivity index (χ3n) is 1.88. The minimum Gasteiger partial charge on any atom is -0.481 e. The molecule has 0 radical (unpaired) electrons. The van der Waals surface area contributed by atoms with Crippen molar-refractivity contribution in [1.82, 2.24) is 0 Å². The molecule has 3 nitrogen and oxygen atoms in total. The largest absolute Gasteiger partial charge is 0.481 e. The molecule has 1 aromatic carbocycles. The van der Waals surface area contributed by atoms with Gasteiger partial charge < -0.3 is 5.11 Å². The van der Waals surface area contributed by atoms with Crippen LogP contribution in [-0.4, -0.2) is 21.0 Å². The van der Waals surface area contributed by atoms with Gasteiger partial charge in [-0.3, -0.25) is 9.00 Å². The van der Waals surface area contributed by atoms with Crippen molar-refractivity contribution < 1.29 is 14.1 Å². The van der Waals surface area contributed by atoms with E-state index in [2.05, 4.69) is 15.9 Å². The lowest BCUT2D eigenvalue weighted by molar-refractivity contribution is -0.140. The average molecular weight is 291 g/mol. The standard InChI is InChI=1S/C10H11BrO3S/c1-7(10(12)13)6-15(14)9-4-2-3-8(11)5-9/h2-5,7H,6H2,1H3,(H,12,13). The average Bonchev–Trinajstić information content (AvgIpc) is 2.17. The molecule has 15 heavy (non-hydrogen) atoms. The molecule has 0 fully saturated rings. The first kappa shape index (κ1) is 12.4. The number of aliphatic carboxylic acids is 1. The van der Waals surface area contributed by atoms with Crippen molar-refractivity contribution in [3.8, 4) is 0 Å². The molecule has 0 bridgehead atoms. The molecule has 5 heteroatoms. The zero-order chi connectivity index (χ0) is 11.4. The number of hydrogen-bond donors (Lipinski definition) is 1. The van der Waals surface area contributed by atoms with Crippen LogP contribution in [0.2, 0.25) is 0 Å². The SMILES string of the molecule is CC(CS(=O)c1cccc(Br)c1)C(=O)O. The summed E-state index contributed by atoms with van der Waals surface area (Å²) in [6.07, 6.45) is 0. The summed E-state index contributed by atoms with van der Waals surface area (Å²) < 4.78 is 12.6. The van der Waals surface area contributed by atoms with Crippen molar-refractivity contribution >= 4 is 32.7 Å². The van der Waals surface area contributed by atoms with Crippen molar-refractivity contribution in [1.29, 1.82) is 0 Å². The Morgan fingerprint density at radius 3 is 2.80 bits per heavy atom. The van der Waals surface area contributed by atoms with E-state index in [1.165, 1.54) is 0 Å². The second-order valence-electron chi connectivity index (χ2n) is 3.21. The van der Waals surface area contributed by atoms with Crippen LogP contribution in [0.1, 0.15) is 6.92 Å². The van der Waals surface area contributed by atoms with Crippen molar-refractivity contribution in [2.45, 2.75) is 11.8 Å². The van der Waals surface area contributed by atoms with Gasteiger partial charge in [0, 0.05) is 15.1 Å². The van der Waals surface area contributed by atoms with E-state index >= 15 is 0 Å². The van der Waals surface area contributed by atoms with Crippen LogP contribution in [0, 0.1) is 5.92 Å². The summed E-state index contributed by atoms with van der Waals surface area (Å²) in [5.41, 5.74) is 0. The molecule has 0 saturated heterocycles. The molecule has 0 aliphatic carbocycles. The van der Waals surface area contributed by atoms with Crippen LogP contribution in [0.15, 0.2) is 33.6 Å². The predicted octanol–water partition coefficient (Wildman–Crippen LogP) is 2.28. The van der Waals surface area contributed by atoms with E-state index in [4.69, 9.17) is 5.11 Å². The fourth-order valence-corrected chi connectivity index (χ4v) is 2.83. The summed E-state index contributed by atoms with van der Waals surface area (Å²) in [7, 11) is -1.26. The molecule has 1 aromatic rings. The second-order valence-corrected chi connectivity index (χ2v) is 5.62. The van der Waals surface area contributed by atoms with Crippen LogP contribution in [0.5, 0.6) is 0 Å². The van der Waals surface area contributed by atoms with Crippen LogP contribution in [0.25, 0.3) is 0 Å². The van der Waals surface area contributed by atoms with Gasteiger partial charge in [0.05, 0.1) is 16.7 Å². The summed E-state index contributed by atoms with van der Waals surface area (Å²) in [4.78, 5) is 11.2. The number of carbonyl (C=O) groups is 1. The van der Waals surface area contributed by atoms with Crippen LogP contribution in [0.3, 0.4) is 0 Å². The highest BCUT2D eigenvalue weighted by atomic mass is 79.9. The van der Waals surface area contributed by atoms with Crippen LogP contribution >= 0.6 is 15.9 Å². The van der Waals surface area contributed by atoms with Gasteiger partial charge in [0.2, 0.25) is 0 Å². The van der Waals surface area contributed by atoms with E-state index in [9.17, 15) is 9.00 Å². The van der Waals surface area contributed by atoms with E-state index < -0.39 is 22.7 Å². The molecule has 0 aliphatic rings. The Morgan fingerprint density at radius 2 is 2.27 bits per heavy atom. The van der Waals surface area contributed by atoms with E-state index in [-0.39, 0.29) is 5.75 Å². The quantitative estimate of drug-likeness (QED) is 0.926. The van der Waals surface area contributed by atoms with Crippen LogP contribution in [0.4, 0.5) is 0 Å². The highest BCUT2D eigenvalue weighted by Crippen LogP contribution is 2.16. The maximum Gasteiger partial charge on any atom is 0.307 e. The molecular formula is C10H11BrO3S. The fourth-order valence-electron chi connectivity index (χ4n) is 1.00. The molecule has 2 atom stereocenters. The molecule has 0 aromatic heterocycles. The first-order valence-electron chi connectivity index (χ1n) is 4.37. The van der Waals surface area contributed by atoms with Gasteiger partial charge in [0.1, 0.15) is 0 Å². The van der Waals surface area contributed by atoms with E-state index in [1.807, 2.05) is 6.07 Å². The molecule has 82 valence electrons. The summed E-state index contributed by atoms with van der Waals surface area (Å²) in [5, 5.41) is 8.69. The molecular weight excluding hydrogens is 280 g/mol. The number of halogens is 1. The molecule has 1 rings (SSSR count). The lowest BCUT2D eigenvalue weighted by Crippen LogP contribution is -2.17. The van der Waals surface area contributed by atoms with Gasteiger partial charge >= 0.3 is 5.97 Å². The molecule has 0 spiro atoms. The third kappa shape index (κ3) is 3.76. The van der Waals surface area contributed by atoms with Crippen molar-refractivity contribution in [2.24, 2.45) is 5.92 Å². The minimum atomic E-state index is -1.26. The van der Waals surface area contributed by atoms with Gasteiger partial charge in [0.25, 0.3) is 0 Å². The normalized spacial score (nSPS) is 14.5. The monoisotopic (exact) mass is 290 g/mol. The summed E-state index contributed by atoms with van der Waals surface area (Å²) in [6.45, 7) is 1.55. The zero-order valence-corrected chi connectivity index (χ0v) is 10.5. The molecule has 0 aliphatic heterocycles. The predicted molar refractivity (Wildman–Crippen MR) is 62.2 cm³/mol. The fraction of sp³-hybridized carbons (Fsp3) is 0.300. The van der Waals surface area contributed by atoms with Gasteiger partial charge in [-0.2, -0.15) is 0 Å². The first-order valence-corrected chi connectivity index (χ1v) is 6.48. The Labute approximate surface area is 99.1 Å². The maximum absolute atomic E-state index is 11.7. The molecule has 0 amide bonds. The Morgan fingerprint density at radius 1 is 1.60 bits per heavy atom. The third-order valence-corrected chi connectivity index (χ3v) is 3.96. The lowest BCUT2D eigenvalue weighted by atomic mass is 10.2. The zero-order valence-electron chi connectivity index (χ0n) is 8.14. The number of hydrogen-bond acceptors (Lipinski definition) is 2. The van der Waals surface area contributed by atoms with E-state index in [1.54, 1.807) is 25.1 Å². The smallest absolute Gasteiger partial charge is 0.307 e. The lowest BCUT2D eigenvalue weighted by Gasteiger charge is -2.06. The molecule has 0 saturated carbocycles. The number of carboxylic acid groups (broad SMARTS) is 1. The number of carboxylic acids is 1. The maximum atomic E-state index is 11.7. The van der Waals surface area contributed by atoms with Crippen LogP contribution in [-0.2, 0) is 15.6 Å². The topological polar surface area (TPSA) is 54.4 Å². The van der Waals surface area contributed by atoms with Gasteiger partial charge in [0.15, 0.2) is 0 Å². The molecule has 0 heterocycles. The van der Waals surface area contributed by atoms with E-state index in [0.717, 1.165) is 4.47 Å². The Bertz CT molecular complexity index is 392. The van der Waals surface area contributed by atoms with Gasteiger partial charge in [-0.15, -0.1) is 0 Å². The van der Waals surface area contributed by atoms with Crippen molar-refractivity contribution in [2.75, 3.05) is 5.75 Å².